The number of phenolic OH excluding ortho intramolecular Hbond substituents is 1. The van der Waals surface area contributed by atoms with Crippen molar-refractivity contribution in [3.63, 3.8) is 0 Å². The zero-order valence-electron chi connectivity index (χ0n) is 14.5. The lowest BCUT2D eigenvalue weighted by Crippen LogP contribution is -3.18. The van der Waals surface area contributed by atoms with Gasteiger partial charge in [0.25, 0.3) is 0 Å². The summed E-state index contributed by atoms with van der Waals surface area (Å²) in [4.78, 5) is 13.6. The molecule has 2 atom stereocenters. The molecule has 2 aliphatic rings. The van der Waals surface area contributed by atoms with Gasteiger partial charge in [0.05, 0.1) is 12.1 Å². The topological polar surface area (TPSA) is 54.9 Å². The molecule has 0 unspecified atom stereocenters. The van der Waals surface area contributed by atoms with Crippen LogP contribution in [0.2, 0.25) is 0 Å². The van der Waals surface area contributed by atoms with Crippen molar-refractivity contribution in [3.8, 4) is 5.75 Å². The summed E-state index contributed by atoms with van der Waals surface area (Å²) in [5.41, 5.74) is 3.24. The van der Waals surface area contributed by atoms with Crippen molar-refractivity contribution >= 4 is 11.0 Å². The average molecular weight is 328 g/mol. The monoisotopic (exact) mass is 328 g/mol. The molecule has 1 aromatic heterocycles. The number of hydrogen-bond acceptors (Lipinski definition) is 3. The molecule has 4 heteroatoms. The largest absolute Gasteiger partial charge is 0.507 e. The molecule has 2 heterocycles. The van der Waals surface area contributed by atoms with E-state index in [-0.39, 0.29) is 11.4 Å². The first-order valence-corrected chi connectivity index (χ1v) is 9.20. The van der Waals surface area contributed by atoms with Crippen LogP contribution in [0.1, 0.15) is 56.2 Å². The standard InChI is InChI=1S/C20H25NO3/c1-12-5-3-6-13(2)21(12)11-14-9-17-15-7-4-8-16(15)20(23)24-19(17)10-18(14)22/h9-10,12-13,22H,3-8,11H2,1-2H3/p+1/t12-,13-/m0/s1. The molecule has 1 aromatic carbocycles. The fourth-order valence-corrected chi connectivity index (χ4v) is 4.66. The summed E-state index contributed by atoms with van der Waals surface area (Å²) in [6.07, 6.45) is 6.56. The molecular formula is C20H26NO3+. The van der Waals surface area contributed by atoms with Gasteiger partial charge in [-0.1, -0.05) is 0 Å². The van der Waals surface area contributed by atoms with E-state index in [9.17, 15) is 9.90 Å². The number of quaternary nitrogens is 1. The van der Waals surface area contributed by atoms with Crippen molar-refractivity contribution in [1.82, 2.24) is 0 Å². The molecule has 1 aliphatic carbocycles. The molecule has 2 N–H and O–H groups in total. The summed E-state index contributed by atoms with van der Waals surface area (Å²) in [6, 6.07) is 4.94. The fourth-order valence-electron chi connectivity index (χ4n) is 4.66. The van der Waals surface area contributed by atoms with Gasteiger partial charge in [-0.05, 0) is 64.0 Å². The molecule has 1 aliphatic heterocycles. The maximum absolute atomic E-state index is 12.1. The maximum atomic E-state index is 12.1. The van der Waals surface area contributed by atoms with E-state index in [2.05, 4.69) is 19.9 Å². The second kappa shape index (κ2) is 5.92. The van der Waals surface area contributed by atoms with Gasteiger partial charge in [0.2, 0.25) is 0 Å². The minimum atomic E-state index is -0.231. The molecule has 4 nitrogen and oxygen atoms in total. The van der Waals surface area contributed by atoms with Gasteiger partial charge >= 0.3 is 5.63 Å². The summed E-state index contributed by atoms with van der Waals surface area (Å²) in [6.45, 7) is 5.44. The summed E-state index contributed by atoms with van der Waals surface area (Å²) in [7, 11) is 0. The number of aryl methyl sites for hydroxylation is 1. The van der Waals surface area contributed by atoms with Crippen molar-refractivity contribution in [2.75, 3.05) is 0 Å². The molecule has 0 spiro atoms. The number of rotatable bonds is 2. The highest BCUT2D eigenvalue weighted by Gasteiger charge is 2.29. The zero-order chi connectivity index (χ0) is 16.8. The lowest BCUT2D eigenvalue weighted by atomic mass is 9.96. The Bertz CT molecular complexity index is 829. The van der Waals surface area contributed by atoms with Crippen molar-refractivity contribution in [2.24, 2.45) is 0 Å². The highest BCUT2D eigenvalue weighted by atomic mass is 16.4. The van der Waals surface area contributed by atoms with Crippen LogP contribution in [0.15, 0.2) is 21.3 Å². The number of benzene rings is 1. The van der Waals surface area contributed by atoms with Crippen LogP contribution < -0.4 is 10.5 Å². The Kier molecular flexibility index (Phi) is 3.87. The van der Waals surface area contributed by atoms with E-state index < -0.39 is 0 Å². The lowest BCUT2D eigenvalue weighted by molar-refractivity contribution is -0.964. The smallest absolute Gasteiger partial charge is 0.339 e. The average Bonchev–Trinajstić information content (AvgIpc) is 3.02. The molecule has 1 fully saturated rings. The van der Waals surface area contributed by atoms with E-state index in [1.165, 1.54) is 19.3 Å². The molecule has 4 rings (SSSR count). The van der Waals surface area contributed by atoms with Gasteiger partial charge in [0.15, 0.2) is 0 Å². The first kappa shape index (κ1) is 15.7. The first-order valence-electron chi connectivity index (χ1n) is 9.20. The van der Waals surface area contributed by atoms with Crippen molar-refractivity contribution in [3.05, 3.63) is 39.2 Å². The minimum absolute atomic E-state index is 0.231. The molecule has 24 heavy (non-hydrogen) atoms. The van der Waals surface area contributed by atoms with Gasteiger partial charge in [-0.2, -0.15) is 0 Å². The molecule has 0 radical (unpaired) electrons. The van der Waals surface area contributed by atoms with Gasteiger partial charge in [0.1, 0.15) is 17.9 Å². The van der Waals surface area contributed by atoms with Crippen molar-refractivity contribution < 1.29 is 14.4 Å². The predicted molar refractivity (Wildman–Crippen MR) is 93.6 cm³/mol. The van der Waals surface area contributed by atoms with E-state index in [1.54, 1.807) is 11.0 Å². The lowest BCUT2D eigenvalue weighted by Gasteiger charge is -2.36. The Morgan fingerprint density at radius 2 is 1.83 bits per heavy atom. The van der Waals surface area contributed by atoms with Gasteiger partial charge in [-0.3, -0.25) is 0 Å². The maximum Gasteiger partial charge on any atom is 0.339 e. The third-order valence-electron chi connectivity index (χ3n) is 6.11. The molecule has 1 saturated heterocycles. The molecule has 128 valence electrons. The quantitative estimate of drug-likeness (QED) is 0.832. The number of aromatic hydroxyl groups is 1. The van der Waals surface area contributed by atoms with Crippen molar-refractivity contribution in [1.29, 1.82) is 0 Å². The van der Waals surface area contributed by atoms with Crippen LogP contribution in [0.5, 0.6) is 5.75 Å². The van der Waals surface area contributed by atoms with E-state index >= 15 is 0 Å². The van der Waals surface area contributed by atoms with Crippen LogP contribution >= 0.6 is 0 Å². The number of likely N-dealkylation sites (tertiary alicyclic amines) is 1. The van der Waals surface area contributed by atoms with Gasteiger partial charge in [-0.25, -0.2) is 4.79 Å². The van der Waals surface area contributed by atoms with Gasteiger partial charge in [-0.15, -0.1) is 0 Å². The summed E-state index contributed by atoms with van der Waals surface area (Å²) in [5.74, 6) is 0.251. The minimum Gasteiger partial charge on any atom is -0.507 e. The summed E-state index contributed by atoms with van der Waals surface area (Å²) < 4.78 is 5.45. The Balaban J connectivity index is 1.77. The zero-order valence-corrected chi connectivity index (χ0v) is 14.5. The molecule has 0 bridgehead atoms. The van der Waals surface area contributed by atoms with Gasteiger partial charge < -0.3 is 14.4 Å². The van der Waals surface area contributed by atoms with Crippen LogP contribution in [0, 0.1) is 0 Å². The second-order valence-corrected chi connectivity index (χ2v) is 7.66. The van der Waals surface area contributed by atoms with Crippen LogP contribution in [-0.4, -0.2) is 17.2 Å². The van der Waals surface area contributed by atoms with Crippen LogP contribution in [0.4, 0.5) is 0 Å². The van der Waals surface area contributed by atoms with E-state index in [0.717, 1.165) is 47.9 Å². The number of fused-ring (bicyclic) bond motifs is 3. The SMILES string of the molecule is C[C@H]1CCC[C@H](C)[NH+]1Cc1cc2c3c(c(=O)oc2cc1O)CCC3. The highest BCUT2D eigenvalue weighted by molar-refractivity contribution is 5.84. The predicted octanol–water partition coefficient (Wildman–Crippen LogP) is 2.33. The van der Waals surface area contributed by atoms with E-state index in [1.807, 2.05) is 0 Å². The third-order valence-corrected chi connectivity index (χ3v) is 6.11. The number of nitrogens with one attached hydrogen (secondary N) is 1. The molecule has 0 amide bonds. The molecular weight excluding hydrogens is 302 g/mol. The summed E-state index contributed by atoms with van der Waals surface area (Å²) >= 11 is 0. The second-order valence-electron chi connectivity index (χ2n) is 7.66. The Hall–Kier alpha value is -1.81. The normalized spacial score (nSPS) is 24.4. The fraction of sp³-hybridized carbons (Fsp3) is 0.550. The molecule has 2 aromatic rings. The van der Waals surface area contributed by atoms with Crippen LogP contribution in [-0.2, 0) is 19.4 Å². The number of piperidine rings is 1. The Morgan fingerprint density at radius 3 is 2.58 bits per heavy atom. The highest BCUT2D eigenvalue weighted by Crippen LogP contribution is 2.31. The Morgan fingerprint density at radius 1 is 1.12 bits per heavy atom. The van der Waals surface area contributed by atoms with E-state index in [0.29, 0.717) is 17.7 Å². The number of hydrogen-bond donors (Lipinski definition) is 2. The Labute approximate surface area is 142 Å². The van der Waals surface area contributed by atoms with Crippen LogP contribution in [0.3, 0.4) is 0 Å². The van der Waals surface area contributed by atoms with Crippen LogP contribution in [0.25, 0.3) is 11.0 Å². The summed E-state index contributed by atoms with van der Waals surface area (Å²) in [5, 5.41) is 11.5. The number of phenols is 1. The van der Waals surface area contributed by atoms with Crippen molar-refractivity contribution in [2.45, 2.75) is 71.0 Å². The van der Waals surface area contributed by atoms with Gasteiger partial charge in [0, 0.05) is 22.6 Å². The molecule has 0 saturated carbocycles. The first-order chi connectivity index (χ1) is 11.5. The third kappa shape index (κ3) is 2.53. The van der Waals surface area contributed by atoms with E-state index in [4.69, 9.17) is 4.42 Å².